The Morgan fingerprint density at radius 3 is 2.42 bits per heavy atom. The third-order valence-electron chi connectivity index (χ3n) is 6.51. The summed E-state index contributed by atoms with van der Waals surface area (Å²) in [6.07, 6.45) is 1.93. The van der Waals surface area contributed by atoms with Crippen LogP contribution in [-0.2, 0) is 23.0 Å². The maximum Gasteiger partial charge on any atom is 0.426 e. The van der Waals surface area contributed by atoms with Crippen molar-refractivity contribution in [3.05, 3.63) is 113 Å². The molecule has 40 heavy (non-hydrogen) atoms. The minimum Gasteiger partial charge on any atom is -0.409 e. The van der Waals surface area contributed by atoms with Crippen LogP contribution >= 0.6 is 11.6 Å². The van der Waals surface area contributed by atoms with Gasteiger partial charge in [0.15, 0.2) is 0 Å². The monoisotopic (exact) mass is 573 g/mol. The number of halogens is 1. The number of hydrogen-bond donors (Lipinski definition) is 1. The fourth-order valence-corrected chi connectivity index (χ4v) is 5.56. The predicted octanol–water partition coefficient (Wildman–Crippen LogP) is 7.22. The number of aryl methyl sites for hydroxylation is 1. The summed E-state index contributed by atoms with van der Waals surface area (Å²) in [4.78, 5) is 17.3. The molecule has 204 valence electrons. The molecule has 0 aliphatic carbocycles. The van der Waals surface area contributed by atoms with Gasteiger partial charge in [-0.1, -0.05) is 85.6 Å². The van der Waals surface area contributed by atoms with Gasteiger partial charge in [-0.15, -0.1) is 0 Å². The minimum atomic E-state index is -4.06. The fraction of sp³-hybridized carbons (Fsp3) is 0.161. The number of ether oxygens (including phenoxy) is 1. The Morgan fingerprint density at radius 2 is 1.68 bits per heavy atom. The van der Waals surface area contributed by atoms with E-state index in [1.165, 1.54) is 12.1 Å². The number of fused-ring (bicyclic) bond motifs is 1. The van der Waals surface area contributed by atoms with Crippen molar-refractivity contribution in [1.82, 2.24) is 14.3 Å². The molecule has 0 spiro atoms. The van der Waals surface area contributed by atoms with Crippen LogP contribution < -0.4 is 9.46 Å². The van der Waals surface area contributed by atoms with E-state index in [9.17, 15) is 13.2 Å². The molecule has 0 unspecified atom stereocenters. The number of sulfonamides is 1. The molecular weight excluding hydrogens is 546 g/mol. The fourth-order valence-electron chi connectivity index (χ4n) is 4.50. The summed E-state index contributed by atoms with van der Waals surface area (Å²) < 4.78 is 34.6. The van der Waals surface area contributed by atoms with Gasteiger partial charge in [0.05, 0.1) is 15.9 Å². The van der Waals surface area contributed by atoms with Crippen LogP contribution in [0.2, 0.25) is 5.02 Å². The maximum absolute atomic E-state index is 12.5. The largest absolute Gasteiger partial charge is 0.426 e. The molecule has 0 aliphatic heterocycles. The number of carbonyl (C=O) groups is 1. The SMILES string of the molecule is CCCCc1nc2ccc(Cl)cc2n1Cc1ccc(-c2ccccc2OC(=O)NS(=O)(=O)c2ccccc2)cc1. The molecule has 1 aromatic heterocycles. The smallest absolute Gasteiger partial charge is 0.409 e. The number of para-hydroxylation sites is 1. The maximum atomic E-state index is 12.5. The number of benzene rings is 4. The van der Waals surface area contributed by atoms with Crippen molar-refractivity contribution in [1.29, 1.82) is 0 Å². The highest BCUT2D eigenvalue weighted by Gasteiger charge is 2.20. The van der Waals surface area contributed by atoms with E-state index in [0.717, 1.165) is 47.2 Å². The minimum absolute atomic E-state index is 0.0263. The standard InChI is InChI=1S/C31H28ClN3O4S/c1-2-3-13-30-33-27-19-18-24(32)20-28(27)35(30)21-22-14-16-23(17-15-22)26-11-7-8-12-29(26)39-31(36)34-40(37,38)25-9-5-4-6-10-25/h4-12,14-20H,2-3,13,21H2,1H3,(H,34,36). The van der Waals surface area contributed by atoms with Gasteiger partial charge in [-0.25, -0.2) is 22.9 Å². The molecule has 5 rings (SSSR count). The Bertz CT molecular complexity index is 1750. The first-order valence-electron chi connectivity index (χ1n) is 13.0. The molecular formula is C31H28ClN3O4S. The van der Waals surface area contributed by atoms with Gasteiger partial charge in [0, 0.05) is 23.6 Å². The van der Waals surface area contributed by atoms with Gasteiger partial charge in [0.1, 0.15) is 11.6 Å². The molecule has 0 saturated heterocycles. The lowest BCUT2D eigenvalue weighted by Gasteiger charge is -2.13. The highest BCUT2D eigenvalue weighted by molar-refractivity contribution is 7.90. The summed E-state index contributed by atoms with van der Waals surface area (Å²) in [5.41, 5.74) is 4.47. The molecule has 5 aromatic rings. The topological polar surface area (TPSA) is 90.3 Å². The number of amides is 1. The van der Waals surface area contributed by atoms with Crippen LogP contribution in [0.15, 0.2) is 102 Å². The van der Waals surface area contributed by atoms with Crippen LogP contribution in [0.3, 0.4) is 0 Å². The van der Waals surface area contributed by atoms with Crippen LogP contribution in [0.25, 0.3) is 22.2 Å². The van der Waals surface area contributed by atoms with Crippen molar-refractivity contribution < 1.29 is 17.9 Å². The van der Waals surface area contributed by atoms with Gasteiger partial charge < -0.3 is 9.30 Å². The summed E-state index contributed by atoms with van der Waals surface area (Å²) in [6.45, 7) is 2.80. The van der Waals surface area contributed by atoms with Crippen molar-refractivity contribution in [2.24, 2.45) is 0 Å². The number of imidazole rings is 1. The number of aromatic nitrogens is 2. The first kappa shape index (κ1) is 27.4. The molecule has 4 aromatic carbocycles. The number of carbonyl (C=O) groups excluding carboxylic acids is 1. The third-order valence-corrected chi connectivity index (χ3v) is 8.07. The van der Waals surface area contributed by atoms with E-state index in [0.29, 0.717) is 17.1 Å². The molecule has 7 nitrogen and oxygen atoms in total. The highest BCUT2D eigenvalue weighted by Crippen LogP contribution is 2.31. The van der Waals surface area contributed by atoms with Gasteiger partial charge >= 0.3 is 6.09 Å². The molecule has 0 saturated carbocycles. The third kappa shape index (κ3) is 6.19. The van der Waals surface area contributed by atoms with E-state index in [2.05, 4.69) is 11.5 Å². The van der Waals surface area contributed by atoms with Crippen LogP contribution in [0.1, 0.15) is 31.2 Å². The lowest BCUT2D eigenvalue weighted by molar-refractivity contribution is 0.207. The zero-order valence-electron chi connectivity index (χ0n) is 21.9. The first-order chi connectivity index (χ1) is 19.3. The number of unbranched alkanes of at least 4 members (excludes halogenated alkanes) is 1. The Kier molecular flexibility index (Phi) is 8.19. The van der Waals surface area contributed by atoms with Gasteiger partial charge in [0.2, 0.25) is 0 Å². The van der Waals surface area contributed by atoms with Crippen molar-refractivity contribution in [2.75, 3.05) is 0 Å². The first-order valence-corrected chi connectivity index (χ1v) is 14.8. The van der Waals surface area contributed by atoms with Crippen molar-refractivity contribution in [3.8, 4) is 16.9 Å². The number of rotatable bonds is 9. The zero-order valence-corrected chi connectivity index (χ0v) is 23.5. The molecule has 0 aliphatic rings. The quantitative estimate of drug-likeness (QED) is 0.201. The van der Waals surface area contributed by atoms with E-state index in [1.54, 1.807) is 30.3 Å². The molecule has 0 atom stereocenters. The van der Waals surface area contributed by atoms with Gasteiger partial charge in [0.25, 0.3) is 10.0 Å². The summed E-state index contributed by atoms with van der Waals surface area (Å²) >= 11 is 6.30. The second-order valence-electron chi connectivity index (χ2n) is 9.35. The lowest BCUT2D eigenvalue weighted by atomic mass is 10.0. The summed E-state index contributed by atoms with van der Waals surface area (Å²) in [5.74, 6) is 1.27. The van der Waals surface area contributed by atoms with Crippen molar-refractivity contribution in [2.45, 2.75) is 37.6 Å². The summed E-state index contributed by atoms with van der Waals surface area (Å²) in [5, 5.41) is 0.670. The van der Waals surface area contributed by atoms with E-state index < -0.39 is 16.1 Å². The van der Waals surface area contributed by atoms with Crippen molar-refractivity contribution in [3.63, 3.8) is 0 Å². The average Bonchev–Trinajstić information content (AvgIpc) is 3.29. The average molecular weight is 574 g/mol. The molecule has 1 heterocycles. The Hall–Kier alpha value is -4.14. The van der Waals surface area contributed by atoms with Crippen LogP contribution in [0.5, 0.6) is 5.75 Å². The Morgan fingerprint density at radius 1 is 0.950 bits per heavy atom. The second kappa shape index (κ2) is 11.9. The predicted molar refractivity (Wildman–Crippen MR) is 157 cm³/mol. The second-order valence-corrected chi connectivity index (χ2v) is 11.5. The number of nitrogens with one attached hydrogen (secondary N) is 1. The van der Waals surface area contributed by atoms with Gasteiger partial charge in [-0.05, 0) is 53.9 Å². The summed E-state index contributed by atoms with van der Waals surface area (Å²) in [7, 11) is -4.06. The van der Waals surface area contributed by atoms with Crippen LogP contribution in [0.4, 0.5) is 4.79 Å². The molecule has 0 bridgehead atoms. The number of nitrogens with zero attached hydrogens (tertiary/aromatic N) is 2. The molecule has 1 amide bonds. The normalized spacial score (nSPS) is 11.4. The number of hydrogen-bond acceptors (Lipinski definition) is 5. The summed E-state index contributed by atoms with van der Waals surface area (Å²) in [6, 6.07) is 28.3. The highest BCUT2D eigenvalue weighted by atomic mass is 35.5. The van der Waals surface area contributed by atoms with E-state index >= 15 is 0 Å². The molecule has 0 radical (unpaired) electrons. The van der Waals surface area contributed by atoms with Gasteiger partial charge in [-0.3, -0.25) is 0 Å². The van der Waals surface area contributed by atoms with Crippen molar-refractivity contribution >= 4 is 38.8 Å². The van der Waals surface area contributed by atoms with Crippen LogP contribution in [0, 0.1) is 0 Å². The lowest BCUT2D eigenvalue weighted by Crippen LogP contribution is -2.33. The zero-order chi connectivity index (χ0) is 28.1. The Balaban J connectivity index is 1.36. The van der Waals surface area contributed by atoms with E-state index in [1.807, 2.05) is 59.3 Å². The molecule has 9 heteroatoms. The molecule has 0 fully saturated rings. The van der Waals surface area contributed by atoms with E-state index in [-0.39, 0.29) is 10.6 Å². The Labute approximate surface area is 238 Å². The molecule has 1 N–H and O–H groups in total. The van der Waals surface area contributed by atoms with Gasteiger partial charge in [-0.2, -0.15) is 0 Å². The van der Waals surface area contributed by atoms with E-state index in [4.69, 9.17) is 21.3 Å². The van der Waals surface area contributed by atoms with Crippen LogP contribution in [-0.4, -0.2) is 24.1 Å².